The molecule has 18 nitrogen and oxygen atoms in total. The first-order valence-electron chi connectivity index (χ1n) is 17.9. The number of aromatic nitrogens is 2. The molecule has 0 bridgehead atoms. The van der Waals surface area contributed by atoms with E-state index in [-0.39, 0.29) is 43.7 Å². The highest BCUT2D eigenvalue weighted by molar-refractivity contribution is 7.98. The topological polar surface area (TPSA) is 278 Å². The number of H-pyrrole nitrogens is 1. The van der Waals surface area contributed by atoms with Gasteiger partial charge in [0.1, 0.15) is 36.0 Å². The van der Waals surface area contributed by atoms with Gasteiger partial charge in [0.2, 0.25) is 35.4 Å². The Morgan fingerprint density at radius 3 is 2.20 bits per heavy atom. The Bertz CT molecular complexity index is 1640. The highest BCUT2D eigenvalue weighted by Crippen LogP contribution is 2.21. The number of phenols is 1. The molecule has 0 spiro atoms. The number of amides is 6. The maximum atomic E-state index is 14.1. The Morgan fingerprint density at radius 1 is 0.911 bits per heavy atom. The van der Waals surface area contributed by atoms with Crippen molar-refractivity contribution in [1.29, 1.82) is 0 Å². The van der Waals surface area contributed by atoms with Crippen LogP contribution < -0.4 is 32.3 Å². The highest BCUT2D eigenvalue weighted by Gasteiger charge is 2.39. The second kappa shape index (κ2) is 23.6. The smallest absolute Gasteiger partial charge is 0.327 e. The van der Waals surface area contributed by atoms with Crippen molar-refractivity contribution < 1.29 is 43.8 Å². The number of aliphatic carboxylic acids is 1. The highest BCUT2D eigenvalue weighted by atomic mass is 32.2. The number of nitrogens with two attached hydrogens (primary N) is 1. The van der Waals surface area contributed by atoms with Gasteiger partial charge in [-0.15, -0.1) is 0 Å². The van der Waals surface area contributed by atoms with E-state index < -0.39 is 84.2 Å². The Labute approximate surface area is 338 Å². The van der Waals surface area contributed by atoms with Crippen LogP contribution in [0.15, 0.2) is 36.8 Å². The number of carboxylic acid groups (broad SMARTS) is 1. The molecule has 10 N–H and O–H groups in total. The van der Waals surface area contributed by atoms with Crippen molar-refractivity contribution in [2.75, 3.05) is 42.9 Å². The van der Waals surface area contributed by atoms with E-state index in [9.17, 15) is 43.8 Å². The van der Waals surface area contributed by atoms with Crippen LogP contribution in [0.5, 0.6) is 5.75 Å². The lowest BCUT2D eigenvalue weighted by atomic mass is 10.0. The summed E-state index contributed by atoms with van der Waals surface area (Å²) in [4.78, 5) is 100. The molecule has 21 heteroatoms. The van der Waals surface area contributed by atoms with Crippen LogP contribution in [0.1, 0.15) is 36.9 Å². The van der Waals surface area contributed by atoms with Crippen molar-refractivity contribution in [2.45, 2.75) is 74.8 Å². The number of hydrogen-bond acceptors (Lipinski definition) is 13. The predicted octanol–water partition coefficient (Wildman–Crippen LogP) is -1.21. The molecule has 0 radical (unpaired) electrons. The summed E-state index contributed by atoms with van der Waals surface area (Å²) in [6, 6.07) is -0.625. The summed E-state index contributed by atoms with van der Waals surface area (Å²) in [6.45, 7) is -0.255. The summed E-state index contributed by atoms with van der Waals surface area (Å²) in [5.41, 5.74) is 6.93. The van der Waals surface area contributed by atoms with E-state index in [1.807, 2.05) is 12.5 Å². The molecule has 0 aliphatic carbocycles. The van der Waals surface area contributed by atoms with Crippen LogP contribution in [0.2, 0.25) is 0 Å². The monoisotopic (exact) mass is 837 g/mol. The van der Waals surface area contributed by atoms with Crippen LogP contribution in [0.25, 0.3) is 0 Å². The van der Waals surface area contributed by atoms with E-state index in [0.29, 0.717) is 35.6 Å². The number of imidazole rings is 1. The fourth-order valence-corrected chi connectivity index (χ4v) is 7.02. The van der Waals surface area contributed by atoms with Gasteiger partial charge in [-0.25, -0.2) is 9.78 Å². The SMILES string of the molecule is CSCC[C@H](NC(=O)[C@@H]1CCCN1C(=O)[C@H](Cc1ccc(O)cc1)NC(=O)CNC(=O)[C@@H](N)CCSC)C(=O)N[C@@H](Cc1c[nH]cn1)C(=O)N[C@@H](CS)C(=O)O. The van der Waals surface area contributed by atoms with Crippen molar-refractivity contribution in [3.8, 4) is 5.75 Å². The van der Waals surface area contributed by atoms with Crippen LogP contribution in [-0.2, 0) is 46.4 Å². The molecule has 308 valence electrons. The van der Waals surface area contributed by atoms with Crippen LogP contribution in [0, 0.1) is 0 Å². The zero-order chi connectivity index (χ0) is 41.2. The van der Waals surface area contributed by atoms with E-state index in [4.69, 9.17) is 5.73 Å². The van der Waals surface area contributed by atoms with Crippen molar-refractivity contribution in [2.24, 2.45) is 5.73 Å². The normalized spacial score (nSPS) is 16.4. The zero-order valence-electron chi connectivity index (χ0n) is 31.2. The third-order valence-electron chi connectivity index (χ3n) is 8.88. The van der Waals surface area contributed by atoms with Gasteiger partial charge in [0, 0.05) is 31.3 Å². The Balaban J connectivity index is 1.78. The summed E-state index contributed by atoms with van der Waals surface area (Å²) in [5.74, 6) is -4.23. The van der Waals surface area contributed by atoms with Crippen LogP contribution >= 0.6 is 36.2 Å². The summed E-state index contributed by atoms with van der Waals surface area (Å²) in [7, 11) is 0. The Morgan fingerprint density at radius 2 is 1.57 bits per heavy atom. The molecule has 2 heterocycles. The molecule has 1 aromatic carbocycles. The third-order valence-corrected chi connectivity index (χ3v) is 10.5. The Kier molecular flexibility index (Phi) is 19.3. The van der Waals surface area contributed by atoms with E-state index >= 15 is 0 Å². The minimum atomic E-state index is -1.32. The molecule has 1 aliphatic rings. The number of nitrogens with zero attached hydrogens (tertiary/aromatic N) is 2. The molecule has 56 heavy (non-hydrogen) atoms. The Hall–Kier alpha value is -4.47. The number of benzene rings is 1. The molecule has 1 fully saturated rings. The number of nitrogens with one attached hydrogen (secondary N) is 6. The van der Waals surface area contributed by atoms with Crippen molar-refractivity contribution in [3.63, 3.8) is 0 Å². The average molecular weight is 838 g/mol. The summed E-state index contributed by atoms with van der Waals surface area (Å²) in [6.07, 6.45) is 7.83. The molecule has 1 aromatic heterocycles. The number of hydrogen-bond donors (Lipinski definition) is 10. The maximum absolute atomic E-state index is 14.1. The summed E-state index contributed by atoms with van der Waals surface area (Å²) < 4.78 is 0. The van der Waals surface area contributed by atoms with E-state index in [2.05, 4.69) is 49.2 Å². The number of thioether (sulfide) groups is 2. The lowest BCUT2D eigenvalue weighted by Gasteiger charge is -2.30. The number of aromatic hydroxyl groups is 1. The number of likely N-dealkylation sites (tertiary alicyclic amines) is 1. The second-order valence-corrected chi connectivity index (χ2v) is 15.4. The number of phenolic OH excluding ortho intramolecular Hbond substituents is 1. The zero-order valence-corrected chi connectivity index (χ0v) is 33.7. The van der Waals surface area contributed by atoms with Gasteiger partial charge >= 0.3 is 5.97 Å². The number of aromatic amines is 1. The van der Waals surface area contributed by atoms with E-state index in [1.54, 1.807) is 12.1 Å². The van der Waals surface area contributed by atoms with Crippen molar-refractivity contribution >= 4 is 77.6 Å². The number of thiol groups is 1. The molecule has 2 aromatic rings. The van der Waals surface area contributed by atoms with E-state index in [1.165, 1.54) is 53.1 Å². The average Bonchev–Trinajstić information content (AvgIpc) is 3.89. The molecule has 6 amide bonds. The minimum Gasteiger partial charge on any atom is -0.508 e. The van der Waals surface area contributed by atoms with E-state index in [0.717, 1.165) is 0 Å². The van der Waals surface area contributed by atoms with Gasteiger partial charge in [-0.1, -0.05) is 12.1 Å². The number of carbonyl (C=O) groups is 7. The van der Waals surface area contributed by atoms with Gasteiger partial charge in [0.05, 0.1) is 24.6 Å². The van der Waals surface area contributed by atoms with Gasteiger partial charge in [-0.3, -0.25) is 28.8 Å². The van der Waals surface area contributed by atoms with Gasteiger partial charge in [0.15, 0.2) is 0 Å². The standard InChI is InChI=1S/C35H51N9O9S3/c1-55-12-9-23(36)30(47)38-17-29(46)40-26(14-20-5-7-22(45)8-6-20)34(51)44-11-3-4-28(44)33(50)41-24(10-13-56-2)31(48)42-25(15-21-16-37-19-39-21)32(49)43-27(18-54)35(52)53/h5-8,16,19,23-28,45,54H,3-4,9-15,17-18,36H2,1-2H3,(H,37,39)(H,38,47)(H,40,46)(H,41,50)(H,42,48)(H,43,49)(H,52,53)/t23-,24-,25-,26-,27-,28-/m0/s1. The number of rotatable bonds is 23. The minimum absolute atomic E-state index is 0.00500. The molecule has 3 rings (SSSR count). The molecule has 0 unspecified atom stereocenters. The largest absolute Gasteiger partial charge is 0.508 e. The lowest BCUT2D eigenvalue weighted by Crippen LogP contribution is -2.59. The van der Waals surface area contributed by atoms with Crippen LogP contribution in [0.4, 0.5) is 0 Å². The van der Waals surface area contributed by atoms with Gasteiger partial charge in [-0.2, -0.15) is 36.2 Å². The fourth-order valence-electron chi connectivity index (χ4n) is 5.81. The van der Waals surface area contributed by atoms with Gasteiger partial charge in [-0.05, 0) is 67.4 Å². The summed E-state index contributed by atoms with van der Waals surface area (Å²) in [5, 5.41) is 32.1. The van der Waals surface area contributed by atoms with Crippen molar-refractivity contribution in [1.82, 2.24) is 41.5 Å². The van der Waals surface area contributed by atoms with Gasteiger partial charge < -0.3 is 52.4 Å². The molecular formula is C35H51N9O9S3. The van der Waals surface area contributed by atoms with Gasteiger partial charge in [0.25, 0.3) is 0 Å². The first-order valence-corrected chi connectivity index (χ1v) is 21.3. The molecule has 1 saturated heterocycles. The quantitative estimate of drug-likeness (QED) is 0.0590. The second-order valence-electron chi connectivity index (χ2n) is 13.0. The first kappa shape index (κ1) is 45.9. The molecular weight excluding hydrogens is 787 g/mol. The maximum Gasteiger partial charge on any atom is 0.327 e. The lowest BCUT2D eigenvalue weighted by molar-refractivity contribution is -0.142. The third kappa shape index (κ3) is 14.6. The number of carboxylic acids is 1. The van der Waals surface area contributed by atoms with Crippen molar-refractivity contribution in [3.05, 3.63) is 48.0 Å². The fraction of sp³-hybridized carbons (Fsp3) is 0.543. The first-order chi connectivity index (χ1) is 26.8. The summed E-state index contributed by atoms with van der Waals surface area (Å²) >= 11 is 6.95. The van der Waals surface area contributed by atoms with Crippen LogP contribution in [0.3, 0.4) is 0 Å². The molecule has 1 aliphatic heterocycles. The number of carbonyl (C=O) groups excluding carboxylic acids is 6. The molecule has 0 saturated carbocycles. The predicted molar refractivity (Wildman–Crippen MR) is 215 cm³/mol. The van der Waals surface area contributed by atoms with Crippen LogP contribution in [-0.4, -0.2) is 146 Å². The molecule has 6 atom stereocenters.